The smallest absolute Gasteiger partial charge is 0.211 e. The number of rotatable bonds is 5. The van der Waals surface area contributed by atoms with Gasteiger partial charge in [-0.05, 0) is 43.6 Å². The van der Waals surface area contributed by atoms with Gasteiger partial charge in [-0.3, -0.25) is 4.90 Å². The Labute approximate surface area is 200 Å². The highest BCUT2D eigenvalue weighted by Crippen LogP contribution is 2.50. The van der Waals surface area contributed by atoms with Gasteiger partial charge in [0.05, 0.1) is 31.5 Å². The van der Waals surface area contributed by atoms with Gasteiger partial charge in [0.15, 0.2) is 0 Å². The molecule has 5 rings (SSSR count). The first-order valence-electron chi connectivity index (χ1n) is 11.5. The molecule has 0 unspecified atom stereocenters. The lowest BCUT2D eigenvalue weighted by molar-refractivity contribution is 0.0919. The molecule has 1 aromatic carbocycles. The predicted molar refractivity (Wildman–Crippen MR) is 129 cm³/mol. The topological polar surface area (TPSA) is 101 Å². The van der Waals surface area contributed by atoms with E-state index in [1.807, 2.05) is 36.1 Å². The van der Waals surface area contributed by atoms with Gasteiger partial charge >= 0.3 is 0 Å². The molecule has 182 valence electrons. The van der Waals surface area contributed by atoms with E-state index in [2.05, 4.69) is 20.9 Å². The molecule has 9 nitrogen and oxygen atoms in total. The fourth-order valence-electron chi connectivity index (χ4n) is 5.88. The van der Waals surface area contributed by atoms with Crippen LogP contribution in [0.2, 0.25) is 0 Å². The molecule has 2 aliphatic rings. The summed E-state index contributed by atoms with van der Waals surface area (Å²) in [7, 11) is 0.0623. The third-order valence-electron chi connectivity index (χ3n) is 7.54. The normalized spacial score (nSPS) is 21.1. The molecule has 2 aromatic heterocycles. The molecule has 1 N–H and O–H groups in total. The zero-order valence-electron chi connectivity index (χ0n) is 19.8. The van der Waals surface area contributed by atoms with E-state index in [-0.39, 0.29) is 12.0 Å². The van der Waals surface area contributed by atoms with Crippen LogP contribution in [0.5, 0.6) is 5.75 Å². The summed E-state index contributed by atoms with van der Waals surface area (Å²) in [6, 6.07) is 5.41. The molecule has 3 aromatic rings. The molecule has 0 amide bonds. The number of hydrogen-bond acceptors (Lipinski definition) is 7. The molecule has 4 heterocycles. The van der Waals surface area contributed by atoms with Crippen LogP contribution in [0.25, 0.3) is 10.9 Å². The number of fused-ring (bicyclic) bond motifs is 4. The Kier molecular flexibility index (Phi) is 5.87. The molecule has 1 saturated heterocycles. The lowest BCUT2D eigenvalue weighted by Gasteiger charge is -2.49. The number of sulfonamides is 1. The molecule has 0 radical (unpaired) electrons. The average molecular weight is 486 g/mol. The summed E-state index contributed by atoms with van der Waals surface area (Å²) in [6.07, 6.45) is 8.10. The van der Waals surface area contributed by atoms with Crippen LogP contribution >= 0.6 is 0 Å². The second-order valence-corrected chi connectivity index (χ2v) is 11.4. The molecule has 10 heteroatoms. The van der Waals surface area contributed by atoms with Gasteiger partial charge in [-0.1, -0.05) is 0 Å². The standard InChI is InChI=1S/C24H31N5O4S/c1-27-20-10-18(33-2)4-5-19(20)22-23(27)21(14-30)29(34(3,31)32)15-24(22)6-8-28(9-7-24)13-17-11-25-16-26-12-17/h4-5,10-12,16,21,30H,6-9,13-15H2,1-3H3/t21-/m1/s1. The first-order chi connectivity index (χ1) is 16.3. The molecule has 34 heavy (non-hydrogen) atoms. The molecule has 1 spiro atoms. The van der Waals surface area contributed by atoms with Crippen molar-refractivity contribution in [1.82, 2.24) is 23.7 Å². The molecule has 0 aliphatic carbocycles. The number of aliphatic hydroxyl groups excluding tert-OH is 1. The number of aliphatic hydroxyl groups is 1. The third kappa shape index (κ3) is 3.78. The highest BCUT2D eigenvalue weighted by molar-refractivity contribution is 7.88. The highest BCUT2D eigenvalue weighted by atomic mass is 32.2. The number of aryl methyl sites for hydroxylation is 1. The number of hydrogen-bond donors (Lipinski definition) is 1. The SMILES string of the molecule is COc1ccc2c3c(n(C)c2c1)[C@@H](CO)N(S(C)(=O)=O)CC31CCN(Cc2cncnc2)CC1. The maximum atomic E-state index is 12.9. The van der Waals surface area contributed by atoms with Crippen LogP contribution < -0.4 is 4.74 Å². The van der Waals surface area contributed by atoms with Crippen molar-refractivity contribution < 1.29 is 18.3 Å². The van der Waals surface area contributed by atoms with Crippen molar-refractivity contribution >= 4 is 20.9 Å². The number of benzene rings is 1. The number of likely N-dealkylation sites (tertiary alicyclic amines) is 1. The summed E-state index contributed by atoms with van der Waals surface area (Å²) in [4.78, 5) is 10.6. The van der Waals surface area contributed by atoms with Crippen LogP contribution in [0.3, 0.4) is 0 Å². The van der Waals surface area contributed by atoms with Crippen molar-refractivity contribution in [3.8, 4) is 5.75 Å². The monoisotopic (exact) mass is 485 g/mol. The highest BCUT2D eigenvalue weighted by Gasteiger charge is 2.50. The molecular formula is C24H31N5O4S. The summed E-state index contributed by atoms with van der Waals surface area (Å²) < 4.78 is 34.8. The first kappa shape index (κ1) is 23.2. The van der Waals surface area contributed by atoms with Crippen LogP contribution in [0.15, 0.2) is 36.9 Å². The Bertz CT molecular complexity index is 1300. The molecule has 0 bridgehead atoms. The van der Waals surface area contributed by atoms with Crippen molar-refractivity contribution in [3.05, 3.63) is 53.7 Å². The Morgan fingerprint density at radius 3 is 2.53 bits per heavy atom. The van der Waals surface area contributed by atoms with Gasteiger partial charge in [0.2, 0.25) is 10.0 Å². The fourth-order valence-corrected chi connectivity index (χ4v) is 6.99. The summed E-state index contributed by atoms with van der Waals surface area (Å²) >= 11 is 0. The van der Waals surface area contributed by atoms with Crippen molar-refractivity contribution in [1.29, 1.82) is 0 Å². The minimum atomic E-state index is -3.53. The summed E-state index contributed by atoms with van der Waals surface area (Å²) in [5.74, 6) is 0.750. The van der Waals surface area contributed by atoms with Gasteiger partial charge in [-0.2, -0.15) is 4.31 Å². The molecular weight excluding hydrogens is 454 g/mol. The lowest BCUT2D eigenvalue weighted by Crippen LogP contribution is -2.55. The zero-order valence-corrected chi connectivity index (χ0v) is 20.6. The van der Waals surface area contributed by atoms with Crippen LogP contribution in [0.1, 0.15) is 35.7 Å². The summed E-state index contributed by atoms with van der Waals surface area (Å²) in [6.45, 7) is 2.55. The van der Waals surface area contributed by atoms with E-state index in [9.17, 15) is 13.5 Å². The van der Waals surface area contributed by atoms with Crippen molar-refractivity contribution in [2.75, 3.05) is 39.6 Å². The third-order valence-corrected chi connectivity index (χ3v) is 8.77. The average Bonchev–Trinajstić information content (AvgIpc) is 3.13. The Hall–Kier alpha value is -2.53. The first-order valence-corrected chi connectivity index (χ1v) is 13.3. The second-order valence-electron chi connectivity index (χ2n) is 9.51. The Morgan fingerprint density at radius 1 is 1.21 bits per heavy atom. The second kappa shape index (κ2) is 8.60. The molecule has 1 fully saturated rings. The summed E-state index contributed by atoms with van der Waals surface area (Å²) in [5.41, 5.74) is 3.78. The van der Waals surface area contributed by atoms with E-state index in [4.69, 9.17) is 4.74 Å². The Morgan fingerprint density at radius 2 is 1.91 bits per heavy atom. The minimum absolute atomic E-state index is 0.266. The van der Waals surface area contributed by atoms with E-state index in [0.717, 1.165) is 60.4 Å². The van der Waals surface area contributed by atoms with E-state index in [0.29, 0.717) is 6.54 Å². The van der Waals surface area contributed by atoms with Crippen molar-refractivity contribution in [3.63, 3.8) is 0 Å². The quantitative estimate of drug-likeness (QED) is 0.588. The van der Waals surface area contributed by atoms with Crippen LogP contribution in [-0.2, 0) is 29.0 Å². The van der Waals surface area contributed by atoms with Crippen molar-refractivity contribution in [2.24, 2.45) is 7.05 Å². The van der Waals surface area contributed by atoms with E-state index in [1.54, 1.807) is 7.11 Å². The van der Waals surface area contributed by atoms with E-state index >= 15 is 0 Å². The number of methoxy groups -OCH3 is 1. The van der Waals surface area contributed by atoms with Gasteiger partial charge < -0.3 is 14.4 Å². The van der Waals surface area contributed by atoms with Crippen LogP contribution in [0, 0.1) is 0 Å². The van der Waals surface area contributed by atoms with Gasteiger partial charge in [-0.25, -0.2) is 18.4 Å². The number of piperidine rings is 1. The largest absolute Gasteiger partial charge is 0.497 e. The van der Waals surface area contributed by atoms with Crippen LogP contribution in [0.4, 0.5) is 0 Å². The number of nitrogens with zero attached hydrogens (tertiary/aromatic N) is 5. The van der Waals surface area contributed by atoms with Crippen LogP contribution in [-0.4, -0.2) is 76.9 Å². The molecule has 2 aliphatic heterocycles. The lowest BCUT2D eigenvalue weighted by atomic mass is 9.69. The van der Waals surface area contributed by atoms with Crippen molar-refractivity contribution in [2.45, 2.75) is 30.8 Å². The summed E-state index contributed by atoms with van der Waals surface area (Å²) in [5, 5.41) is 11.5. The van der Waals surface area contributed by atoms with Gasteiger partial charge in [0.25, 0.3) is 0 Å². The molecule has 0 saturated carbocycles. The zero-order chi connectivity index (χ0) is 24.1. The number of ether oxygens (including phenoxy) is 1. The number of aromatic nitrogens is 3. The minimum Gasteiger partial charge on any atom is -0.497 e. The Balaban J connectivity index is 1.60. The predicted octanol–water partition coefficient (Wildman–Crippen LogP) is 1.82. The van der Waals surface area contributed by atoms with Gasteiger partial charge in [0.1, 0.15) is 12.1 Å². The van der Waals surface area contributed by atoms with Gasteiger partial charge in [0, 0.05) is 60.7 Å². The van der Waals surface area contributed by atoms with Gasteiger partial charge in [-0.15, -0.1) is 0 Å². The molecule has 1 atom stereocenters. The van der Waals surface area contributed by atoms with E-state index in [1.165, 1.54) is 22.5 Å². The maximum Gasteiger partial charge on any atom is 0.211 e. The fraction of sp³-hybridized carbons (Fsp3) is 0.500. The maximum absolute atomic E-state index is 12.9. The van der Waals surface area contributed by atoms with E-state index < -0.39 is 16.1 Å².